The van der Waals surface area contributed by atoms with Crippen LogP contribution in [0.5, 0.6) is 11.5 Å². The van der Waals surface area contributed by atoms with Crippen LogP contribution in [-0.2, 0) is 42.7 Å². The number of aromatic nitrogens is 2. The van der Waals surface area contributed by atoms with E-state index in [2.05, 4.69) is 251 Å². The smallest absolute Gasteiger partial charge is 0.135 e. The second-order valence-electron chi connectivity index (χ2n) is 24.6. The van der Waals surface area contributed by atoms with Crippen molar-refractivity contribution >= 4 is 44.6 Å². The minimum Gasteiger partial charge on any atom is -0.509 e. The summed E-state index contributed by atoms with van der Waals surface area (Å²) in [5.41, 5.74) is 17.4. The number of nitrogens with zero attached hydrogens (tertiary/aromatic N) is 4. The summed E-state index contributed by atoms with van der Waals surface area (Å²) in [5, 5.41) is 1.98. The average molecular weight is 1190 g/mol. The molecule has 0 atom stereocenters. The third-order valence-electron chi connectivity index (χ3n) is 14.9. The summed E-state index contributed by atoms with van der Waals surface area (Å²) in [4.78, 5) is 9.27. The van der Waals surface area contributed by atoms with Gasteiger partial charge in [0.25, 0.3) is 0 Å². The molecule has 5 nitrogen and oxygen atoms in total. The molecule has 0 spiro atoms. The van der Waals surface area contributed by atoms with Gasteiger partial charge in [0.2, 0.25) is 0 Å². The Labute approximate surface area is 476 Å². The first kappa shape index (κ1) is 49.4. The van der Waals surface area contributed by atoms with Gasteiger partial charge in [-0.1, -0.05) is 186 Å². The number of pyridine rings is 1. The molecule has 3 heterocycles. The molecule has 0 unspecified atom stereocenters. The molecule has 0 saturated heterocycles. The fourth-order valence-corrected chi connectivity index (χ4v) is 10.4. The van der Waals surface area contributed by atoms with Crippen molar-refractivity contribution < 1.29 is 29.9 Å². The maximum Gasteiger partial charge on any atom is 0.135 e. The van der Waals surface area contributed by atoms with Gasteiger partial charge in [-0.2, -0.15) is 12.1 Å². The van der Waals surface area contributed by atoms with Gasteiger partial charge in [0, 0.05) is 76.6 Å². The number of hydrogen-bond acceptors (Lipinski definition) is 4. The molecule has 8 aromatic carbocycles. The van der Waals surface area contributed by atoms with Crippen molar-refractivity contribution in [2.24, 2.45) is 0 Å². The molecule has 2 aromatic heterocycles. The standard InChI is InChI=1S/C71H69N4O.Pt/c1-46-35-36-72-66(37-46)75-62-34-31-53(70(8,9)10)40-61(62)58-33-32-57(44-65(58)75)76-56-24-18-23-55(43-56)73-45-74(64-26-15-14-25-63(64)73)67-59(48-29-27-47(28-30-48)49-19-16-21-51(38-49)68(2,3)4)41-54(71(11,12)13)42-60(67)50-20-17-22-52(39-50)69(5,6)7;/h14-42,45H,1-13H3;/q-3;/i1D3;. The van der Waals surface area contributed by atoms with Crippen LogP contribution in [0.15, 0.2) is 176 Å². The molecule has 10 aromatic rings. The molecule has 6 heteroatoms. The number of aryl methyl sites for hydroxylation is 1. The topological polar surface area (TPSA) is 33.5 Å². The van der Waals surface area contributed by atoms with E-state index in [0.29, 0.717) is 17.3 Å². The normalized spacial score (nSPS) is 13.8. The van der Waals surface area contributed by atoms with Gasteiger partial charge in [0.05, 0.1) is 0 Å². The van der Waals surface area contributed by atoms with Gasteiger partial charge in [-0.3, -0.25) is 0 Å². The van der Waals surface area contributed by atoms with Crippen molar-refractivity contribution in [3.8, 4) is 50.7 Å². The largest absolute Gasteiger partial charge is 0.509 e. The zero-order valence-corrected chi connectivity index (χ0v) is 48.6. The SMILES string of the molecule is [2H]C([2H])([2H])c1ccnc(-n2c3[c-]c(Oc4[c-]c(N5[CH-]N(c6c(-c7ccc(-c8cccc(C(C)(C)C)c8)cc7)cc(C(C)(C)C)cc6-c6cccc(C(C)(C)C)c6)c6ccccc65)ccc4)ccc3c3cc(C(C)(C)C)ccc32)c1.[Pt]. The van der Waals surface area contributed by atoms with Crippen molar-refractivity contribution in [3.05, 3.63) is 223 Å². The summed E-state index contributed by atoms with van der Waals surface area (Å²) in [6, 6.07) is 67.3. The molecule has 392 valence electrons. The zero-order valence-electron chi connectivity index (χ0n) is 49.3. The number of anilines is 4. The first-order valence-corrected chi connectivity index (χ1v) is 26.5. The second-order valence-corrected chi connectivity index (χ2v) is 24.6. The molecule has 1 aliphatic rings. The molecular formula is C71H69N4OPt-3. The van der Waals surface area contributed by atoms with Gasteiger partial charge >= 0.3 is 0 Å². The van der Waals surface area contributed by atoms with Gasteiger partial charge in [-0.15, -0.1) is 48.1 Å². The van der Waals surface area contributed by atoms with Crippen LogP contribution in [0.4, 0.5) is 22.7 Å². The van der Waals surface area contributed by atoms with Crippen molar-refractivity contribution in [2.75, 3.05) is 9.80 Å². The Bertz CT molecular complexity index is 3960. The van der Waals surface area contributed by atoms with Crippen LogP contribution >= 0.6 is 0 Å². The second kappa shape index (κ2) is 20.0. The third-order valence-corrected chi connectivity index (χ3v) is 14.9. The van der Waals surface area contributed by atoms with Crippen LogP contribution in [0.25, 0.3) is 61.0 Å². The van der Waals surface area contributed by atoms with Gasteiger partial charge in [-0.25, -0.2) is 4.98 Å². The quantitative estimate of drug-likeness (QED) is 0.142. The van der Waals surface area contributed by atoms with E-state index < -0.39 is 6.85 Å². The zero-order chi connectivity index (χ0) is 56.0. The van der Waals surface area contributed by atoms with Crippen molar-refractivity contribution in [1.82, 2.24) is 9.55 Å². The van der Waals surface area contributed by atoms with E-state index in [0.717, 1.165) is 66.8 Å². The van der Waals surface area contributed by atoms with Crippen molar-refractivity contribution in [1.29, 1.82) is 0 Å². The van der Waals surface area contributed by atoms with Crippen LogP contribution < -0.4 is 14.5 Å². The predicted molar refractivity (Wildman–Crippen MR) is 320 cm³/mol. The van der Waals surface area contributed by atoms with Crippen molar-refractivity contribution in [2.45, 2.75) is 112 Å². The van der Waals surface area contributed by atoms with Crippen LogP contribution in [0.3, 0.4) is 0 Å². The number of para-hydroxylation sites is 2. The Morgan fingerprint density at radius 3 is 1.73 bits per heavy atom. The Balaban J connectivity index is 0.00000720. The molecular weight excluding hydrogens is 1120 g/mol. The molecule has 0 amide bonds. The molecule has 77 heavy (non-hydrogen) atoms. The molecule has 0 saturated carbocycles. The Morgan fingerprint density at radius 2 is 1.06 bits per heavy atom. The number of ether oxygens (including phenoxy) is 1. The number of benzene rings is 8. The molecule has 0 radical (unpaired) electrons. The molecule has 0 bridgehead atoms. The first-order chi connectivity index (χ1) is 37.3. The summed E-state index contributed by atoms with van der Waals surface area (Å²) < 4.78 is 33.3. The van der Waals surface area contributed by atoms with Crippen LogP contribution in [0.1, 0.15) is 115 Å². The van der Waals surface area contributed by atoms with Crippen molar-refractivity contribution in [3.63, 3.8) is 0 Å². The van der Waals surface area contributed by atoms with Gasteiger partial charge in [0.1, 0.15) is 5.82 Å². The maximum atomic E-state index is 8.20. The Morgan fingerprint density at radius 1 is 0.481 bits per heavy atom. The maximum absolute atomic E-state index is 8.20. The van der Waals surface area contributed by atoms with E-state index in [4.69, 9.17) is 13.8 Å². The van der Waals surface area contributed by atoms with E-state index in [1.165, 1.54) is 33.4 Å². The summed E-state index contributed by atoms with van der Waals surface area (Å²) in [6.45, 7) is 27.0. The fraction of sp³-hybridized carbons (Fsp3) is 0.239. The van der Waals surface area contributed by atoms with E-state index in [-0.39, 0.29) is 48.3 Å². The molecule has 1 aliphatic heterocycles. The summed E-state index contributed by atoms with van der Waals surface area (Å²) >= 11 is 0. The summed E-state index contributed by atoms with van der Waals surface area (Å²) in [6.07, 6.45) is 1.56. The van der Waals surface area contributed by atoms with Gasteiger partial charge in [-0.05, 0) is 126 Å². The number of hydrogen-bond donors (Lipinski definition) is 0. The number of fused-ring (bicyclic) bond motifs is 4. The van der Waals surface area contributed by atoms with Crippen LogP contribution in [0, 0.1) is 25.7 Å². The van der Waals surface area contributed by atoms with E-state index in [1.807, 2.05) is 22.8 Å². The summed E-state index contributed by atoms with van der Waals surface area (Å²) in [7, 11) is 0. The molecule has 0 fully saturated rings. The molecule has 11 rings (SSSR count). The minimum absolute atomic E-state index is 0. The number of rotatable bonds is 8. The molecule has 0 aliphatic carbocycles. The Kier molecular flexibility index (Phi) is 12.8. The van der Waals surface area contributed by atoms with E-state index in [9.17, 15) is 0 Å². The fourth-order valence-electron chi connectivity index (χ4n) is 10.4. The predicted octanol–water partition coefficient (Wildman–Crippen LogP) is 19.5. The summed E-state index contributed by atoms with van der Waals surface area (Å²) in [5.74, 6) is 1.49. The van der Waals surface area contributed by atoms with Crippen LogP contribution in [0.2, 0.25) is 0 Å². The van der Waals surface area contributed by atoms with Gasteiger partial charge < -0.3 is 19.1 Å². The Hall–Kier alpha value is -7.20. The minimum atomic E-state index is -2.30. The van der Waals surface area contributed by atoms with Gasteiger partial charge in [0.15, 0.2) is 0 Å². The molecule has 0 N–H and O–H groups in total. The first-order valence-electron chi connectivity index (χ1n) is 28.0. The van der Waals surface area contributed by atoms with E-state index >= 15 is 0 Å². The van der Waals surface area contributed by atoms with Crippen LogP contribution in [-0.4, -0.2) is 9.55 Å². The average Bonchev–Trinajstić information content (AvgIpc) is 4.10. The van der Waals surface area contributed by atoms with E-state index in [1.54, 1.807) is 18.3 Å². The monoisotopic (exact) mass is 1190 g/mol. The third kappa shape index (κ3) is 10.4.